The van der Waals surface area contributed by atoms with Gasteiger partial charge in [0.05, 0.1) is 5.56 Å². The molecule has 3 rings (SSSR count). The summed E-state index contributed by atoms with van der Waals surface area (Å²) in [5, 5.41) is 2.57. The van der Waals surface area contributed by atoms with Gasteiger partial charge in [-0.3, -0.25) is 9.59 Å². The molecule has 8 nitrogen and oxygen atoms in total. The van der Waals surface area contributed by atoms with Gasteiger partial charge < -0.3 is 10.1 Å². The van der Waals surface area contributed by atoms with Gasteiger partial charge in [-0.1, -0.05) is 6.42 Å². The zero-order valence-electron chi connectivity index (χ0n) is 17.5. The van der Waals surface area contributed by atoms with E-state index in [9.17, 15) is 27.2 Å². The molecule has 0 radical (unpaired) electrons. The second-order valence-corrected chi connectivity index (χ2v) is 9.27. The number of Topliss-reactive ketones (excluding diaryl/α,β-unsaturated/α-hetero) is 1. The second-order valence-electron chi connectivity index (χ2n) is 7.37. The van der Waals surface area contributed by atoms with E-state index < -0.39 is 39.1 Å². The predicted molar refractivity (Wildman–Crippen MR) is 114 cm³/mol. The molecule has 1 N–H and O–H groups in total. The highest BCUT2D eigenvalue weighted by Crippen LogP contribution is 2.24. The standard InChI is InChI=1S/C22H23FN2O6S/c1-15(26)24-18-8-5-16(6-9-18)20(27)14-31-22(28)17-7-10-19(23)21(13-17)32(29,30)25-11-3-2-4-12-25/h5-10,13H,2-4,11-12,14H2,1H3,(H,24,26). The van der Waals surface area contributed by atoms with Crippen molar-refractivity contribution in [1.82, 2.24) is 4.31 Å². The van der Waals surface area contributed by atoms with Crippen molar-refractivity contribution in [3.05, 3.63) is 59.4 Å². The minimum atomic E-state index is -4.08. The number of amides is 1. The van der Waals surface area contributed by atoms with Crippen LogP contribution in [0.15, 0.2) is 47.4 Å². The molecule has 0 saturated carbocycles. The molecule has 1 aliphatic heterocycles. The molecule has 0 atom stereocenters. The summed E-state index contributed by atoms with van der Waals surface area (Å²) in [6.45, 7) is 1.37. The molecule has 0 spiro atoms. The van der Waals surface area contributed by atoms with Crippen molar-refractivity contribution >= 4 is 33.4 Å². The fourth-order valence-electron chi connectivity index (χ4n) is 3.31. The third kappa shape index (κ3) is 5.57. The maximum atomic E-state index is 14.3. The maximum Gasteiger partial charge on any atom is 0.338 e. The fourth-order valence-corrected chi connectivity index (χ4v) is 4.92. The first kappa shape index (κ1) is 23.6. The summed E-state index contributed by atoms with van der Waals surface area (Å²) < 4.78 is 46.1. The highest BCUT2D eigenvalue weighted by Gasteiger charge is 2.29. The van der Waals surface area contributed by atoms with Crippen LogP contribution in [0.5, 0.6) is 0 Å². The summed E-state index contributed by atoms with van der Waals surface area (Å²) in [7, 11) is -4.08. The van der Waals surface area contributed by atoms with E-state index >= 15 is 0 Å². The van der Waals surface area contributed by atoms with E-state index in [0.717, 1.165) is 24.6 Å². The number of piperidine rings is 1. The number of ether oxygens (including phenoxy) is 1. The Morgan fingerprint density at radius 1 is 1.00 bits per heavy atom. The van der Waals surface area contributed by atoms with Crippen LogP contribution >= 0.6 is 0 Å². The number of carbonyl (C=O) groups excluding carboxylic acids is 3. The molecule has 32 heavy (non-hydrogen) atoms. The predicted octanol–water partition coefficient (Wildman–Crippen LogP) is 3.00. The Labute approximate surface area is 185 Å². The molecule has 0 aromatic heterocycles. The van der Waals surface area contributed by atoms with Gasteiger partial charge in [0.2, 0.25) is 15.9 Å². The lowest BCUT2D eigenvalue weighted by molar-refractivity contribution is -0.114. The third-order valence-electron chi connectivity index (χ3n) is 4.96. The van der Waals surface area contributed by atoms with E-state index in [0.29, 0.717) is 31.6 Å². The van der Waals surface area contributed by atoms with Gasteiger partial charge in [-0.05, 0) is 55.3 Å². The normalized spacial score (nSPS) is 14.6. The minimum absolute atomic E-state index is 0.171. The monoisotopic (exact) mass is 462 g/mol. The third-order valence-corrected chi connectivity index (χ3v) is 6.88. The highest BCUT2D eigenvalue weighted by atomic mass is 32.2. The Morgan fingerprint density at radius 2 is 1.62 bits per heavy atom. The van der Waals surface area contributed by atoms with Crippen LogP contribution in [-0.4, -0.2) is 50.1 Å². The van der Waals surface area contributed by atoms with E-state index in [1.54, 1.807) is 0 Å². The maximum absolute atomic E-state index is 14.3. The number of benzene rings is 2. The van der Waals surface area contributed by atoms with Gasteiger partial charge in [0.25, 0.3) is 0 Å². The van der Waals surface area contributed by atoms with Gasteiger partial charge >= 0.3 is 5.97 Å². The molecule has 0 unspecified atom stereocenters. The van der Waals surface area contributed by atoms with Crippen LogP contribution in [0.2, 0.25) is 0 Å². The first-order chi connectivity index (χ1) is 15.2. The zero-order chi connectivity index (χ0) is 23.3. The number of halogens is 1. The number of nitrogens with zero attached hydrogens (tertiary/aromatic N) is 1. The molecular formula is C22H23FN2O6S. The van der Waals surface area contributed by atoms with Crippen molar-refractivity contribution in [2.24, 2.45) is 0 Å². The van der Waals surface area contributed by atoms with Crippen molar-refractivity contribution in [3.63, 3.8) is 0 Å². The largest absolute Gasteiger partial charge is 0.454 e. The van der Waals surface area contributed by atoms with Crippen molar-refractivity contribution < 1.29 is 31.9 Å². The van der Waals surface area contributed by atoms with E-state index in [4.69, 9.17) is 4.74 Å². The number of rotatable bonds is 7. The summed E-state index contributed by atoms with van der Waals surface area (Å²) >= 11 is 0. The van der Waals surface area contributed by atoms with E-state index in [2.05, 4.69) is 5.32 Å². The van der Waals surface area contributed by atoms with Crippen molar-refractivity contribution in [2.75, 3.05) is 25.0 Å². The molecule has 2 aromatic rings. The molecule has 1 amide bonds. The average molecular weight is 462 g/mol. The SMILES string of the molecule is CC(=O)Nc1ccc(C(=O)COC(=O)c2ccc(F)c(S(=O)(=O)N3CCCCC3)c2)cc1. The molecule has 1 heterocycles. The van der Waals surface area contributed by atoms with Gasteiger partial charge in [0.15, 0.2) is 12.4 Å². The van der Waals surface area contributed by atoms with Gasteiger partial charge in [-0.15, -0.1) is 0 Å². The topological polar surface area (TPSA) is 110 Å². The Balaban J connectivity index is 1.68. The molecule has 0 bridgehead atoms. The van der Waals surface area contributed by atoms with Crippen LogP contribution in [-0.2, 0) is 19.6 Å². The van der Waals surface area contributed by atoms with Gasteiger partial charge in [-0.25, -0.2) is 17.6 Å². The quantitative estimate of drug-likeness (QED) is 0.500. The number of sulfonamides is 1. The minimum Gasteiger partial charge on any atom is -0.454 e. The molecule has 1 aliphatic rings. The molecule has 1 saturated heterocycles. The summed E-state index contributed by atoms with van der Waals surface area (Å²) in [5.41, 5.74) is 0.606. The van der Waals surface area contributed by atoms with E-state index in [1.165, 1.54) is 35.5 Å². The molecule has 170 valence electrons. The summed E-state index contributed by atoms with van der Waals surface area (Å²) in [5.74, 6) is -2.64. The van der Waals surface area contributed by atoms with Gasteiger partial charge in [-0.2, -0.15) is 4.31 Å². The Kier molecular flexibility index (Phi) is 7.37. The van der Waals surface area contributed by atoms with Crippen molar-refractivity contribution in [1.29, 1.82) is 0 Å². The van der Waals surface area contributed by atoms with Crippen molar-refractivity contribution in [3.8, 4) is 0 Å². The lowest BCUT2D eigenvalue weighted by Gasteiger charge is -2.26. The number of nitrogens with one attached hydrogen (secondary N) is 1. The van der Waals surface area contributed by atoms with Gasteiger partial charge in [0, 0.05) is 31.3 Å². The second kappa shape index (κ2) is 10.0. The number of carbonyl (C=O) groups is 3. The summed E-state index contributed by atoms with van der Waals surface area (Å²) in [4.78, 5) is 35.1. The highest BCUT2D eigenvalue weighted by molar-refractivity contribution is 7.89. The zero-order valence-corrected chi connectivity index (χ0v) is 18.3. The summed E-state index contributed by atoms with van der Waals surface area (Å²) in [6, 6.07) is 8.97. The molecule has 10 heteroatoms. The first-order valence-electron chi connectivity index (χ1n) is 10.1. The summed E-state index contributed by atoms with van der Waals surface area (Å²) in [6.07, 6.45) is 2.29. The number of hydrogen-bond donors (Lipinski definition) is 1. The number of esters is 1. The van der Waals surface area contributed by atoms with Crippen LogP contribution in [0.4, 0.5) is 10.1 Å². The lowest BCUT2D eigenvalue weighted by atomic mass is 10.1. The number of anilines is 1. The van der Waals surface area contributed by atoms with Crippen molar-refractivity contribution in [2.45, 2.75) is 31.1 Å². The Bertz CT molecular complexity index is 1130. The Hall–Kier alpha value is -3.11. The van der Waals surface area contributed by atoms with E-state index in [1.807, 2.05) is 0 Å². The van der Waals surface area contributed by atoms with Crippen LogP contribution in [0.1, 0.15) is 46.9 Å². The molecule has 2 aromatic carbocycles. The molecular weight excluding hydrogens is 439 g/mol. The fraction of sp³-hybridized carbons (Fsp3) is 0.318. The molecule has 1 fully saturated rings. The first-order valence-corrected chi connectivity index (χ1v) is 11.5. The van der Waals surface area contributed by atoms with E-state index in [-0.39, 0.29) is 17.0 Å². The Morgan fingerprint density at radius 3 is 2.25 bits per heavy atom. The average Bonchev–Trinajstić information content (AvgIpc) is 2.78. The van der Waals surface area contributed by atoms with Crippen LogP contribution in [0, 0.1) is 5.82 Å². The van der Waals surface area contributed by atoms with Crippen LogP contribution < -0.4 is 5.32 Å². The number of hydrogen-bond acceptors (Lipinski definition) is 6. The van der Waals surface area contributed by atoms with Crippen LogP contribution in [0.25, 0.3) is 0 Å². The lowest BCUT2D eigenvalue weighted by Crippen LogP contribution is -2.36. The number of ketones is 1. The molecule has 0 aliphatic carbocycles. The van der Waals surface area contributed by atoms with Gasteiger partial charge in [0.1, 0.15) is 10.7 Å². The van der Waals surface area contributed by atoms with Crippen LogP contribution in [0.3, 0.4) is 0 Å². The smallest absolute Gasteiger partial charge is 0.338 e.